The number of aliphatic carboxylic acids is 1. The molecule has 1 saturated heterocycles. The van der Waals surface area contributed by atoms with Crippen molar-refractivity contribution in [3.8, 4) is 0 Å². The average Bonchev–Trinajstić information content (AvgIpc) is 3.45. The summed E-state index contributed by atoms with van der Waals surface area (Å²) in [4.78, 5) is 63.4. The largest absolute Gasteiger partial charge is 0.477 e. The standard InChI is InChI=1S/C19H19N7O7S3/c1-7(27)32-2-8-4-34-16-12(15(29)26(16)13(8)17(30)31)24-14(28)11(10-6-36-19(21)23-10)25-33-3-9-5-35-18(20)22-9/h5-6,12,16H,2-4H2,1H3,(H2,20,22)(H2,21,23)(H,24,28)(H,30,31)/b25-11-/t12?,16-/m1/s1. The van der Waals surface area contributed by atoms with Gasteiger partial charge in [0.25, 0.3) is 11.8 Å². The van der Waals surface area contributed by atoms with E-state index < -0.39 is 35.2 Å². The highest BCUT2D eigenvalue weighted by Crippen LogP contribution is 2.40. The van der Waals surface area contributed by atoms with Crippen LogP contribution < -0.4 is 16.8 Å². The van der Waals surface area contributed by atoms with Crippen molar-refractivity contribution in [1.29, 1.82) is 0 Å². The highest BCUT2D eigenvalue weighted by molar-refractivity contribution is 8.00. The number of carbonyl (C=O) groups is 4. The van der Waals surface area contributed by atoms with E-state index >= 15 is 0 Å². The second-order valence-corrected chi connectivity index (χ2v) is 10.2. The van der Waals surface area contributed by atoms with E-state index in [9.17, 15) is 24.3 Å². The number of carboxylic acids is 1. The predicted octanol–water partition coefficient (Wildman–Crippen LogP) is -0.0134. The van der Waals surface area contributed by atoms with E-state index in [1.807, 2.05) is 0 Å². The molecule has 190 valence electrons. The maximum Gasteiger partial charge on any atom is 0.352 e. The maximum atomic E-state index is 13.1. The number of nitrogen functional groups attached to an aromatic ring is 2. The smallest absolute Gasteiger partial charge is 0.352 e. The van der Waals surface area contributed by atoms with E-state index in [1.165, 1.54) is 35.4 Å². The number of rotatable bonds is 9. The van der Waals surface area contributed by atoms with Crippen LogP contribution >= 0.6 is 34.4 Å². The number of nitrogens with one attached hydrogen (secondary N) is 1. The van der Waals surface area contributed by atoms with E-state index in [1.54, 1.807) is 5.38 Å². The Hall–Kier alpha value is -3.70. The monoisotopic (exact) mass is 553 g/mol. The lowest BCUT2D eigenvalue weighted by molar-refractivity contribution is -0.150. The molecule has 1 fully saturated rings. The SMILES string of the molecule is CC(=O)OCC1=C(C(=O)O)N2C(=O)C(NC(=O)/C(=N\OCc3csc(N)n3)c3csc(N)n3)[C@H]2SC1. The first-order valence-electron chi connectivity index (χ1n) is 10.1. The number of ether oxygens (including phenoxy) is 1. The molecule has 4 heterocycles. The molecule has 6 N–H and O–H groups in total. The van der Waals surface area contributed by atoms with Crippen molar-refractivity contribution >= 4 is 74.2 Å². The van der Waals surface area contributed by atoms with Crippen LogP contribution in [0.5, 0.6) is 0 Å². The third-order valence-corrected chi connectivity index (χ3v) is 7.64. The zero-order valence-electron chi connectivity index (χ0n) is 18.5. The van der Waals surface area contributed by atoms with Crippen LogP contribution in [0.1, 0.15) is 18.3 Å². The van der Waals surface area contributed by atoms with Gasteiger partial charge in [0.05, 0.1) is 5.69 Å². The molecule has 2 aromatic heterocycles. The summed E-state index contributed by atoms with van der Waals surface area (Å²) >= 11 is 3.54. The molecule has 0 aromatic carbocycles. The van der Waals surface area contributed by atoms with Crippen molar-refractivity contribution in [2.24, 2.45) is 5.16 Å². The molecule has 2 aliphatic rings. The first kappa shape index (κ1) is 25.4. The first-order valence-corrected chi connectivity index (χ1v) is 12.9. The van der Waals surface area contributed by atoms with Gasteiger partial charge in [-0.1, -0.05) is 5.16 Å². The van der Waals surface area contributed by atoms with Crippen LogP contribution in [0, 0.1) is 0 Å². The molecule has 4 rings (SSSR count). The number of amides is 2. The van der Waals surface area contributed by atoms with Crippen LogP contribution in [-0.4, -0.2) is 73.2 Å². The van der Waals surface area contributed by atoms with Crippen molar-refractivity contribution in [3.05, 3.63) is 33.4 Å². The van der Waals surface area contributed by atoms with Crippen molar-refractivity contribution in [1.82, 2.24) is 20.2 Å². The number of thioether (sulfide) groups is 1. The number of anilines is 2. The van der Waals surface area contributed by atoms with Gasteiger partial charge < -0.3 is 31.5 Å². The third-order valence-electron chi connectivity index (χ3n) is 4.90. The molecule has 2 aliphatic heterocycles. The molecular weight excluding hydrogens is 534 g/mol. The zero-order valence-corrected chi connectivity index (χ0v) is 20.9. The molecule has 14 nitrogen and oxygen atoms in total. The number of carbonyl (C=O) groups excluding carboxylic acids is 3. The lowest BCUT2D eigenvalue weighted by Gasteiger charge is -2.49. The van der Waals surface area contributed by atoms with Gasteiger partial charge in [-0.3, -0.25) is 19.3 Å². The summed E-state index contributed by atoms with van der Waals surface area (Å²) in [5.41, 5.74) is 11.7. The summed E-state index contributed by atoms with van der Waals surface area (Å²) in [5.74, 6) is -3.11. The molecule has 2 aromatic rings. The topological polar surface area (TPSA) is 212 Å². The first-order chi connectivity index (χ1) is 17.2. The summed E-state index contributed by atoms with van der Waals surface area (Å²) in [7, 11) is 0. The number of thiazole rings is 2. The number of fused-ring (bicyclic) bond motifs is 1. The third kappa shape index (κ3) is 5.26. The van der Waals surface area contributed by atoms with Crippen LogP contribution in [0.3, 0.4) is 0 Å². The number of β-lactam (4-membered cyclic amide) rings is 1. The Morgan fingerprint density at radius 1 is 1.22 bits per heavy atom. The minimum atomic E-state index is -1.34. The number of carboxylic acid groups (broad SMARTS) is 1. The van der Waals surface area contributed by atoms with E-state index in [0.717, 1.165) is 16.2 Å². The van der Waals surface area contributed by atoms with Gasteiger partial charge in [-0.2, -0.15) is 0 Å². The van der Waals surface area contributed by atoms with Crippen LogP contribution in [0.4, 0.5) is 10.3 Å². The maximum absolute atomic E-state index is 13.1. The highest BCUT2D eigenvalue weighted by atomic mass is 32.2. The summed E-state index contributed by atoms with van der Waals surface area (Å²) in [6.45, 7) is 0.892. The molecular formula is C19H19N7O7S3. The van der Waals surface area contributed by atoms with E-state index in [-0.39, 0.29) is 46.8 Å². The Morgan fingerprint density at radius 2 is 1.94 bits per heavy atom. The Kier molecular flexibility index (Phi) is 7.41. The van der Waals surface area contributed by atoms with Crippen molar-refractivity contribution in [2.75, 3.05) is 23.8 Å². The van der Waals surface area contributed by atoms with E-state index in [4.69, 9.17) is 21.0 Å². The molecule has 2 amide bonds. The van der Waals surface area contributed by atoms with Crippen LogP contribution in [0.2, 0.25) is 0 Å². The van der Waals surface area contributed by atoms with Gasteiger partial charge in [0, 0.05) is 29.0 Å². The van der Waals surface area contributed by atoms with Crippen molar-refractivity contribution in [3.63, 3.8) is 0 Å². The van der Waals surface area contributed by atoms with Crippen LogP contribution in [-0.2, 0) is 35.4 Å². The average molecular weight is 554 g/mol. The Morgan fingerprint density at radius 3 is 2.56 bits per heavy atom. The minimum Gasteiger partial charge on any atom is -0.477 e. The normalized spacial score (nSPS) is 19.4. The fraction of sp³-hybridized carbons (Fsp3) is 0.316. The molecule has 1 unspecified atom stereocenters. The van der Waals surface area contributed by atoms with E-state index in [0.29, 0.717) is 10.8 Å². The van der Waals surface area contributed by atoms with Crippen molar-refractivity contribution < 1.29 is 33.9 Å². The molecule has 0 aliphatic carbocycles. The summed E-state index contributed by atoms with van der Waals surface area (Å²) < 4.78 is 4.91. The number of aromatic nitrogens is 2. The predicted molar refractivity (Wildman–Crippen MR) is 131 cm³/mol. The number of oxime groups is 1. The highest BCUT2D eigenvalue weighted by Gasteiger charge is 2.54. The second kappa shape index (κ2) is 10.5. The molecule has 0 radical (unpaired) electrons. The van der Waals surface area contributed by atoms with Crippen LogP contribution in [0.25, 0.3) is 0 Å². The molecule has 0 spiro atoms. The molecule has 0 saturated carbocycles. The van der Waals surface area contributed by atoms with Gasteiger partial charge >= 0.3 is 11.9 Å². The zero-order chi connectivity index (χ0) is 26.0. The number of nitrogens with zero attached hydrogens (tertiary/aromatic N) is 4. The summed E-state index contributed by atoms with van der Waals surface area (Å²) in [5, 5.41) is 19.2. The molecule has 2 atom stereocenters. The van der Waals surface area contributed by atoms with Crippen molar-refractivity contribution in [2.45, 2.75) is 24.9 Å². The van der Waals surface area contributed by atoms with Gasteiger partial charge in [-0.05, 0) is 0 Å². The Balaban J connectivity index is 1.49. The van der Waals surface area contributed by atoms with Gasteiger partial charge in [0.1, 0.15) is 29.4 Å². The lowest BCUT2D eigenvalue weighted by Crippen LogP contribution is -2.71. The molecule has 36 heavy (non-hydrogen) atoms. The number of hydrogen-bond donors (Lipinski definition) is 4. The van der Waals surface area contributed by atoms with E-state index in [2.05, 4.69) is 20.4 Å². The van der Waals surface area contributed by atoms with Gasteiger partial charge in [-0.25, -0.2) is 14.8 Å². The summed E-state index contributed by atoms with van der Waals surface area (Å²) in [6, 6.07) is -1.02. The second-order valence-electron chi connectivity index (χ2n) is 7.36. The summed E-state index contributed by atoms with van der Waals surface area (Å²) in [6.07, 6.45) is 0. The van der Waals surface area contributed by atoms with Crippen LogP contribution in [0.15, 0.2) is 27.2 Å². The fourth-order valence-corrected chi connectivity index (χ4v) is 5.77. The number of hydrogen-bond acceptors (Lipinski definition) is 14. The van der Waals surface area contributed by atoms with Gasteiger partial charge in [0.2, 0.25) is 0 Å². The quantitative estimate of drug-likeness (QED) is 0.140. The Labute approximate surface area is 215 Å². The number of nitrogens with two attached hydrogens (primary N) is 2. The van der Waals surface area contributed by atoms with Gasteiger partial charge in [-0.15, -0.1) is 34.4 Å². The minimum absolute atomic E-state index is 0.0589. The number of esters is 1. The lowest BCUT2D eigenvalue weighted by atomic mass is 10.0. The molecule has 17 heteroatoms. The molecule has 0 bridgehead atoms. The Bertz CT molecular complexity index is 1290. The fourth-order valence-electron chi connectivity index (χ4n) is 3.35. The van der Waals surface area contributed by atoms with Gasteiger partial charge in [0.15, 0.2) is 22.6 Å².